The Kier molecular flexibility index (Phi) is 60.3. The van der Waals surface area contributed by atoms with Gasteiger partial charge in [0, 0.05) is 27.8 Å². The Labute approximate surface area is 500 Å². The summed E-state index contributed by atoms with van der Waals surface area (Å²) in [7, 11) is -27.8. The zero-order chi connectivity index (χ0) is 61.6. The molecule has 22 nitrogen and oxygen atoms in total. The van der Waals surface area contributed by atoms with Crippen LogP contribution in [0.1, 0.15) is 251 Å². The molecule has 0 bridgehead atoms. The van der Waals surface area contributed by atoms with Crippen molar-refractivity contribution in [2.45, 2.75) is 257 Å². The van der Waals surface area contributed by atoms with Crippen molar-refractivity contribution in [1.82, 2.24) is 0 Å². The third kappa shape index (κ3) is 58.5. The number of aliphatic hydroxyl groups excluding tert-OH is 1. The second-order valence-corrected chi connectivity index (χ2v) is 29.6. The van der Waals surface area contributed by atoms with Crippen molar-refractivity contribution in [2.75, 3.05) is 39.6 Å². The molecule has 7 N–H and O–H groups in total. The zero-order valence-electron chi connectivity index (χ0n) is 51.7. The maximum absolute atomic E-state index is 12.7. The van der Waals surface area contributed by atoms with Crippen LogP contribution in [0.2, 0.25) is 0 Å². The van der Waals surface area contributed by atoms with E-state index in [9.17, 15) is 27.4 Å². The van der Waals surface area contributed by atoms with E-state index in [4.69, 9.17) is 61.6 Å². The van der Waals surface area contributed by atoms with Gasteiger partial charge in [-0.25, -0.2) is 27.4 Å². The molecule has 0 amide bonds. The molecule has 0 aliphatic heterocycles. The molecular formula is C51H116O22P6Ti. The van der Waals surface area contributed by atoms with Crippen molar-refractivity contribution in [3.05, 3.63) is 0 Å². The molecule has 0 heterocycles. The molecule has 0 fully saturated rings. The smallest absolute Gasteiger partial charge is 0.394 e. The van der Waals surface area contributed by atoms with Crippen LogP contribution in [-0.2, 0) is 89.2 Å². The summed E-state index contributed by atoms with van der Waals surface area (Å²) in [5.74, 6) is 0.913. The van der Waals surface area contributed by atoms with Crippen molar-refractivity contribution < 1.29 is 124 Å². The van der Waals surface area contributed by atoms with E-state index in [0.717, 1.165) is 154 Å². The average molecular weight is 1320 g/mol. The second kappa shape index (κ2) is 53.5. The summed E-state index contributed by atoms with van der Waals surface area (Å²) in [5, 5.41) is 8.06. The van der Waals surface area contributed by atoms with Gasteiger partial charge in [0.2, 0.25) is 0 Å². The summed E-state index contributed by atoms with van der Waals surface area (Å²) in [6.45, 7) is 28.5. The molecule has 0 radical (unpaired) electrons. The molecule has 6 atom stereocenters. The Hall–Kier alpha value is 1.45. The summed E-state index contributed by atoms with van der Waals surface area (Å²) in [6, 6.07) is 0. The first-order valence-electron chi connectivity index (χ1n) is 29.5. The number of hydrogen-bond acceptors (Lipinski definition) is 16. The van der Waals surface area contributed by atoms with Gasteiger partial charge in [-0.2, -0.15) is 12.9 Å². The topological polar surface area (TPSA) is 327 Å². The van der Waals surface area contributed by atoms with Gasteiger partial charge in [0.25, 0.3) is 0 Å². The van der Waals surface area contributed by atoms with E-state index in [2.05, 4.69) is 54.5 Å². The van der Waals surface area contributed by atoms with Crippen LogP contribution >= 0.6 is 46.9 Å². The van der Waals surface area contributed by atoms with Crippen LogP contribution in [0.4, 0.5) is 0 Å². The summed E-state index contributed by atoms with van der Waals surface area (Å²) in [4.78, 5) is 54.2. The van der Waals surface area contributed by atoms with Gasteiger partial charge in [-0.1, -0.05) is 199 Å². The van der Waals surface area contributed by atoms with Gasteiger partial charge in [0.05, 0.1) is 39.6 Å². The molecular weight excluding hydrogens is 1200 g/mol. The van der Waals surface area contributed by atoms with E-state index in [1.165, 1.54) is 0 Å². The molecule has 0 aromatic heterocycles. The first-order chi connectivity index (χ1) is 36.8. The Bertz CT molecular complexity index is 1440. The van der Waals surface area contributed by atoms with Gasteiger partial charge >= 0.3 is 46.9 Å². The third-order valence-electron chi connectivity index (χ3n) is 12.7. The molecule has 0 spiro atoms. The fourth-order valence-corrected chi connectivity index (χ4v) is 14.1. The van der Waals surface area contributed by atoms with Gasteiger partial charge in [0.1, 0.15) is 0 Å². The molecule has 0 rings (SSSR count). The number of rotatable bonds is 48. The van der Waals surface area contributed by atoms with Crippen LogP contribution in [0.5, 0.6) is 0 Å². The normalized spacial score (nSPS) is 16.6. The van der Waals surface area contributed by atoms with Crippen LogP contribution in [0.25, 0.3) is 0 Å². The summed E-state index contributed by atoms with van der Waals surface area (Å²) in [5.41, 5.74) is 0. The maximum Gasteiger partial charge on any atom is 0.483 e. The van der Waals surface area contributed by atoms with Gasteiger partial charge in [0.15, 0.2) is 0 Å². The quantitative estimate of drug-likeness (QED) is 0.0220. The molecule has 0 aromatic rings. The van der Waals surface area contributed by atoms with Crippen molar-refractivity contribution >= 4 is 46.9 Å². The average Bonchev–Trinajstić information content (AvgIpc) is 3.35. The first-order valence-corrected chi connectivity index (χ1v) is 38.4. The number of phosphoric ester groups is 3. The van der Waals surface area contributed by atoms with E-state index in [0.29, 0.717) is 0 Å². The molecule has 0 aromatic carbocycles. The number of unbranched alkanes of at least 4 members (excludes halogenated alkanes) is 6. The molecule has 0 saturated carbocycles. The third-order valence-corrected chi connectivity index (χ3v) is 20.4. The van der Waals surface area contributed by atoms with Crippen LogP contribution in [-0.4, -0.2) is 80.2 Å². The predicted molar refractivity (Wildman–Crippen MR) is 315 cm³/mol. The van der Waals surface area contributed by atoms with Crippen LogP contribution in [0.15, 0.2) is 0 Å². The summed E-state index contributed by atoms with van der Waals surface area (Å²) in [6.07, 6.45) is 22.5. The number of hydrogen-bond donors (Lipinski definition) is 7. The summed E-state index contributed by atoms with van der Waals surface area (Å²) < 4.78 is 116. The van der Waals surface area contributed by atoms with Crippen molar-refractivity contribution in [3.8, 4) is 0 Å². The van der Waals surface area contributed by atoms with Gasteiger partial charge in [-0.3, -0.25) is 27.1 Å². The zero-order valence-corrected chi connectivity index (χ0v) is 58.6. The minimum absolute atomic E-state index is 0. The van der Waals surface area contributed by atoms with Gasteiger partial charge < -0.3 is 34.5 Å². The molecule has 0 aliphatic carbocycles. The predicted octanol–water partition coefficient (Wildman–Crippen LogP) is 17.4. The fourth-order valence-electron chi connectivity index (χ4n) is 7.21. The van der Waals surface area contributed by atoms with E-state index in [1.54, 1.807) is 13.8 Å². The molecule has 0 aliphatic rings. The second-order valence-electron chi connectivity index (χ2n) is 20.4. The van der Waals surface area contributed by atoms with Crippen molar-refractivity contribution in [1.29, 1.82) is 0 Å². The van der Waals surface area contributed by atoms with Crippen LogP contribution < -0.4 is 0 Å². The molecule has 80 heavy (non-hydrogen) atoms. The summed E-state index contributed by atoms with van der Waals surface area (Å²) >= 11 is 0. The standard InChI is InChI=1S/3C16H36O7P2.C3H8O.Ti/c3*1-5-9-11-15(7-3)13-21-25(20,23-24(17,18)19)22-14-16(8-4)12-10-6-2;1-3(2)4;/h3*15-16H,5-14H2,1-4H3,(H2,17,18,19);3-4H,1-2H3;. The Morgan fingerprint density at radius 2 is 0.425 bits per heavy atom. The molecule has 486 valence electrons. The Morgan fingerprint density at radius 3 is 0.512 bits per heavy atom. The van der Waals surface area contributed by atoms with Crippen LogP contribution in [0, 0.1) is 35.5 Å². The van der Waals surface area contributed by atoms with Crippen molar-refractivity contribution in [2.24, 2.45) is 35.5 Å². The molecule has 29 heteroatoms. The number of phosphoric acid groups is 6. The van der Waals surface area contributed by atoms with E-state index in [-0.39, 0.29) is 103 Å². The largest absolute Gasteiger partial charge is 0.483 e. The maximum atomic E-state index is 12.7. The fraction of sp³-hybridized carbons (Fsp3) is 1.00. The monoisotopic (exact) mass is 1310 g/mol. The Morgan fingerprint density at radius 1 is 0.300 bits per heavy atom. The SMILES string of the molecule is CC(C)O.CCCCC(CC)COP(=O)(OCC(CC)CCCC)OP(=O)(O)O.CCCCC(CC)COP(=O)(OCC(CC)CCCC)OP(=O)(O)O.CCCCC(CC)COP(=O)(OCC(CC)CCCC)OP(=O)(O)O.[Ti]. The first kappa shape index (κ1) is 90.2. The molecule has 0 saturated heterocycles. The van der Waals surface area contributed by atoms with Gasteiger partial charge in [-0.05, 0) is 87.9 Å². The van der Waals surface area contributed by atoms with E-state index >= 15 is 0 Å². The van der Waals surface area contributed by atoms with E-state index in [1.807, 2.05) is 41.5 Å². The Balaban J connectivity index is -0.000000337. The van der Waals surface area contributed by atoms with Crippen LogP contribution in [0.3, 0.4) is 0 Å². The molecule has 6 unspecified atom stereocenters. The number of aliphatic hydroxyl groups is 1. The van der Waals surface area contributed by atoms with E-state index < -0.39 is 46.9 Å². The minimum atomic E-state index is -4.98. The van der Waals surface area contributed by atoms with Crippen molar-refractivity contribution in [3.63, 3.8) is 0 Å². The minimum Gasteiger partial charge on any atom is -0.394 e. The van der Waals surface area contributed by atoms with Gasteiger partial charge in [-0.15, -0.1) is 0 Å².